The lowest BCUT2D eigenvalue weighted by molar-refractivity contribution is -0.116. The molecule has 0 aliphatic carbocycles. The molecule has 1 fully saturated rings. The Morgan fingerprint density at radius 1 is 1.29 bits per heavy atom. The zero-order chi connectivity index (χ0) is 11.9. The molecule has 2 aliphatic rings. The van der Waals surface area contributed by atoms with Crippen molar-refractivity contribution in [2.45, 2.75) is 25.2 Å². The number of benzene rings is 1. The second-order valence-electron chi connectivity index (χ2n) is 5.02. The molecule has 90 valence electrons. The standard InChI is InChI=1S/C14H17NOS/c1-11(16)15-10-14(6-8-17-9-7-14)12-4-2-3-5-13(12)15/h2-5H,6-10H2,1H3. The van der Waals surface area contributed by atoms with E-state index in [9.17, 15) is 4.79 Å². The van der Waals surface area contributed by atoms with Crippen molar-refractivity contribution >= 4 is 23.4 Å². The van der Waals surface area contributed by atoms with E-state index in [1.807, 2.05) is 22.7 Å². The van der Waals surface area contributed by atoms with E-state index in [1.165, 1.54) is 29.9 Å². The first-order valence-electron chi connectivity index (χ1n) is 6.18. The lowest BCUT2D eigenvalue weighted by Gasteiger charge is -2.33. The van der Waals surface area contributed by atoms with Gasteiger partial charge in [0, 0.05) is 24.6 Å². The topological polar surface area (TPSA) is 20.3 Å². The molecule has 0 saturated carbocycles. The minimum atomic E-state index is 0.174. The first kappa shape index (κ1) is 11.1. The number of anilines is 1. The molecule has 3 rings (SSSR count). The molecule has 2 heterocycles. The Morgan fingerprint density at radius 2 is 2.00 bits per heavy atom. The number of fused-ring (bicyclic) bond motifs is 2. The van der Waals surface area contributed by atoms with Crippen LogP contribution in [0, 0.1) is 0 Å². The molecule has 1 saturated heterocycles. The molecule has 0 unspecified atom stereocenters. The fourth-order valence-electron chi connectivity index (χ4n) is 3.10. The number of rotatable bonds is 0. The molecule has 3 heteroatoms. The number of amides is 1. The molecule has 2 aliphatic heterocycles. The molecule has 0 aromatic heterocycles. The molecule has 1 aromatic rings. The van der Waals surface area contributed by atoms with Crippen LogP contribution in [-0.4, -0.2) is 24.0 Å². The average Bonchev–Trinajstić information content (AvgIpc) is 2.66. The SMILES string of the molecule is CC(=O)N1CC2(CCSCC2)c2ccccc21. The number of thioether (sulfide) groups is 1. The summed E-state index contributed by atoms with van der Waals surface area (Å²) in [6, 6.07) is 8.44. The number of nitrogens with zero attached hydrogens (tertiary/aromatic N) is 1. The van der Waals surface area contributed by atoms with Crippen LogP contribution in [-0.2, 0) is 10.2 Å². The molecule has 2 nitrogen and oxygen atoms in total. The van der Waals surface area contributed by atoms with Crippen LogP contribution < -0.4 is 4.90 Å². The summed E-state index contributed by atoms with van der Waals surface area (Å²) < 4.78 is 0. The Kier molecular flexibility index (Phi) is 2.66. The van der Waals surface area contributed by atoms with Gasteiger partial charge in [-0.3, -0.25) is 4.79 Å². The van der Waals surface area contributed by atoms with Gasteiger partial charge in [0.15, 0.2) is 0 Å². The summed E-state index contributed by atoms with van der Waals surface area (Å²) in [7, 11) is 0. The van der Waals surface area contributed by atoms with Gasteiger partial charge < -0.3 is 4.90 Å². The van der Waals surface area contributed by atoms with Crippen molar-refractivity contribution in [1.29, 1.82) is 0 Å². The van der Waals surface area contributed by atoms with E-state index in [2.05, 4.69) is 18.2 Å². The minimum absolute atomic E-state index is 0.174. The highest BCUT2D eigenvalue weighted by atomic mass is 32.2. The Balaban J connectivity index is 2.07. The highest BCUT2D eigenvalue weighted by Crippen LogP contribution is 2.48. The Bertz CT molecular complexity index is 451. The maximum Gasteiger partial charge on any atom is 0.223 e. The van der Waals surface area contributed by atoms with Gasteiger partial charge in [0.05, 0.1) is 0 Å². The van der Waals surface area contributed by atoms with Gasteiger partial charge in [-0.15, -0.1) is 0 Å². The van der Waals surface area contributed by atoms with Crippen LogP contribution in [0.3, 0.4) is 0 Å². The van der Waals surface area contributed by atoms with Crippen molar-refractivity contribution in [3.05, 3.63) is 29.8 Å². The van der Waals surface area contributed by atoms with Crippen LogP contribution in [0.2, 0.25) is 0 Å². The van der Waals surface area contributed by atoms with E-state index in [4.69, 9.17) is 0 Å². The van der Waals surface area contributed by atoms with Crippen LogP contribution >= 0.6 is 11.8 Å². The molecule has 1 spiro atoms. The highest BCUT2D eigenvalue weighted by Gasteiger charge is 2.44. The van der Waals surface area contributed by atoms with Gasteiger partial charge in [0.1, 0.15) is 0 Å². The lowest BCUT2D eigenvalue weighted by atomic mass is 9.77. The monoisotopic (exact) mass is 247 g/mol. The maximum absolute atomic E-state index is 11.8. The molecule has 0 N–H and O–H groups in total. The molecular formula is C14H17NOS. The third-order valence-corrected chi connectivity index (χ3v) is 5.04. The predicted molar refractivity (Wildman–Crippen MR) is 72.7 cm³/mol. The van der Waals surface area contributed by atoms with Crippen molar-refractivity contribution in [2.24, 2.45) is 0 Å². The summed E-state index contributed by atoms with van der Waals surface area (Å²) in [6.45, 7) is 2.57. The number of para-hydroxylation sites is 1. The minimum Gasteiger partial charge on any atom is -0.311 e. The van der Waals surface area contributed by atoms with E-state index in [0.717, 1.165) is 12.2 Å². The smallest absolute Gasteiger partial charge is 0.223 e. The van der Waals surface area contributed by atoms with Gasteiger partial charge in [-0.1, -0.05) is 18.2 Å². The third-order valence-electron chi connectivity index (χ3n) is 4.06. The zero-order valence-corrected chi connectivity index (χ0v) is 10.9. The maximum atomic E-state index is 11.8. The Labute approximate surface area is 106 Å². The van der Waals surface area contributed by atoms with E-state index in [0.29, 0.717) is 0 Å². The lowest BCUT2D eigenvalue weighted by Crippen LogP contribution is -2.38. The zero-order valence-electron chi connectivity index (χ0n) is 10.1. The fraction of sp³-hybridized carbons (Fsp3) is 0.500. The summed E-state index contributed by atoms with van der Waals surface area (Å²) in [4.78, 5) is 13.7. The first-order valence-corrected chi connectivity index (χ1v) is 7.34. The van der Waals surface area contributed by atoms with E-state index < -0.39 is 0 Å². The number of hydrogen-bond donors (Lipinski definition) is 0. The number of hydrogen-bond acceptors (Lipinski definition) is 2. The van der Waals surface area contributed by atoms with Gasteiger partial charge in [-0.05, 0) is 36.0 Å². The van der Waals surface area contributed by atoms with Gasteiger partial charge >= 0.3 is 0 Å². The quantitative estimate of drug-likeness (QED) is 0.702. The van der Waals surface area contributed by atoms with E-state index in [1.54, 1.807) is 6.92 Å². The molecule has 17 heavy (non-hydrogen) atoms. The first-order chi connectivity index (χ1) is 8.23. The van der Waals surface area contributed by atoms with Crippen LogP contribution in [0.5, 0.6) is 0 Å². The third kappa shape index (κ3) is 1.68. The molecule has 1 amide bonds. The van der Waals surface area contributed by atoms with Gasteiger partial charge in [0.25, 0.3) is 0 Å². The summed E-state index contributed by atoms with van der Waals surface area (Å²) in [5.41, 5.74) is 2.79. The van der Waals surface area contributed by atoms with Crippen molar-refractivity contribution in [3.8, 4) is 0 Å². The largest absolute Gasteiger partial charge is 0.311 e. The van der Waals surface area contributed by atoms with Crippen LogP contribution in [0.25, 0.3) is 0 Å². The van der Waals surface area contributed by atoms with Crippen molar-refractivity contribution < 1.29 is 4.79 Å². The van der Waals surface area contributed by atoms with Gasteiger partial charge in [-0.2, -0.15) is 11.8 Å². The van der Waals surface area contributed by atoms with Gasteiger partial charge in [-0.25, -0.2) is 0 Å². The van der Waals surface area contributed by atoms with Crippen LogP contribution in [0.1, 0.15) is 25.3 Å². The molecule has 0 radical (unpaired) electrons. The summed E-state index contributed by atoms with van der Waals surface area (Å²) in [5, 5.41) is 0. The van der Waals surface area contributed by atoms with E-state index in [-0.39, 0.29) is 11.3 Å². The van der Waals surface area contributed by atoms with Crippen LogP contribution in [0.4, 0.5) is 5.69 Å². The predicted octanol–water partition coefficient (Wildman–Crippen LogP) is 2.82. The Morgan fingerprint density at radius 3 is 2.71 bits per heavy atom. The second-order valence-corrected chi connectivity index (χ2v) is 6.24. The van der Waals surface area contributed by atoms with Crippen LogP contribution in [0.15, 0.2) is 24.3 Å². The molecule has 1 aromatic carbocycles. The van der Waals surface area contributed by atoms with Crippen molar-refractivity contribution in [3.63, 3.8) is 0 Å². The molecular weight excluding hydrogens is 230 g/mol. The molecule has 0 bridgehead atoms. The number of carbonyl (C=O) groups excluding carboxylic acids is 1. The number of carbonyl (C=O) groups is 1. The van der Waals surface area contributed by atoms with Crippen molar-refractivity contribution in [1.82, 2.24) is 0 Å². The summed E-state index contributed by atoms with van der Waals surface area (Å²) in [6.07, 6.45) is 2.41. The van der Waals surface area contributed by atoms with E-state index >= 15 is 0 Å². The average molecular weight is 247 g/mol. The highest BCUT2D eigenvalue weighted by molar-refractivity contribution is 7.99. The molecule has 0 atom stereocenters. The summed E-state index contributed by atoms with van der Waals surface area (Å²) >= 11 is 2.04. The normalized spacial score (nSPS) is 21.6. The summed E-state index contributed by atoms with van der Waals surface area (Å²) in [5.74, 6) is 2.62. The fourth-order valence-corrected chi connectivity index (χ4v) is 4.38. The second kappa shape index (κ2) is 4.05. The van der Waals surface area contributed by atoms with Gasteiger partial charge in [0.2, 0.25) is 5.91 Å². The Hall–Kier alpha value is -0.960. The van der Waals surface area contributed by atoms with Crippen molar-refractivity contribution in [2.75, 3.05) is 23.0 Å².